The molecule has 0 unspecified atom stereocenters. The third kappa shape index (κ3) is 3.24. The number of imidazole rings is 1. The van der Waals surface area contributed by atoms with Crippen molar-refractivity contribution in [1.29, 1.82) is 0 Å². The first-order valence-electron chi connectivity index (χ1n) is 9.76. The average molecular weight is 373 g/mol. The molecule has 1 aromatic heterocycles. The number of carbonyl (C=O) groups excluding carboxylic acids is 1. The Hall–Kier alpha value is -1.95. The zero-order valence-electron chi connectivity index (χ0n) is 16.5. The Kier molecular flexibility index (Phi) is 3.94. The molecule has 27 heavy (non-hydrogen) atoms. The third-order valence-electron chi connectivity index (χ3n) is 6.33. The van der Waals surface area contributed by atoms with E-state index in [-0.39, 0.29) is 22.4 Å². The van der Waals surface area contributed by atoms with E-state index in [9.17, 15) is 14.3 Å². The monoisotopic (exact) mass is 373 g/mol. The second kappa shape index (κ2) is 5.77. The van der Waals surface area contributed by atoms with E-state index >= 15 is 0 Å². The number of amides is 1. The molecule has 2 N–H and O–H groups in total. The van der Waals surface area contributed by atoms with Crippen molar-refractivity contribution in [1.82, 2.24) is 9.55 Å². The summed E-state index contributed by atoms with van der Waals surface area (Å²) in [7, 11) is 0. The number of aromatic nitrogens is 2. The van der Waals surface area contributed by atoms with Crippen LogP contribution in [0.3, 0.4) is 0 Å². The molecule has 2 fully saturated rings. The van der Waals surface area contributed by atoms with Crippen LogP contribution >= 0.6 is 0 Å². The zero-order valence-corrected chi connectivity index (χ0v) is 16.5. The number of benzene rings is 1. The summed E-state index contributed by atoms with van der Waals surface area (Å²) in [4.78, 5) is 17.0. The topological polar surface area (TPSA) is 67.2 Å². The Morgan fingerprint density at radius 2 is 1.96 bits per heavy atom. The van der Waals surface area contributed by atoms with E-state index in [0.29, 0.717) is 23.4 Å². The molecule has 2 aromatic rings. The molecule has 1 amide bonds. The van der Waals surface area contributed by atoms with E-state index in [1.54, 1.807) is 19.9 Å². The maximum atomic E-state index is 14.8. The van der Waals surface area contributed by atoms with Crippen LogP contribution in [-0.4, -0.2) is 20.6 Å². The minimum absolute atomic E-state index is 0.0717. The lowest BCUT2D eigenvalue weighted by Gasteiger charge is -2.41. The van der Waals surface area contributed by atoms with Gasteiger partial charge in [-0.05, 0) is 76.0 Å². The van der Waals surface area contributed by atoms with E-state index in [4.69, 9.17) is 0 Å². The molecule has 0 atom stereocenters. The lowest BCUT2D eigenvalue weighted by molar-refractivity contribution is -0.117. The van der Waals surface area contributed by atoms with Gasteiger partial charge in [0.25, 0.3) is 0 Å². The van der Waals surface area contributed by atoms with E-state index < -0.39 is 11.4 Å². The van der Waals surface area contributed by atoms with Crippen LogP contribution in [0.4, 0.5) is 10.3 Å². The first kappa shape index (κ1) is 18.4. The van der Waals surface area contributed by atoms with Gasteiger partial charge in [-0.15, -0.1) is 0 Å². The number of halogens is 1. The van der Waals surface area contributed by atoms with Crippen molar-refractivity contribution in [3.8, 4) is 0 Å². The molecule has 0 aliphatic heterocycles. The molecule has 1 aromatic carbocycles. The van der Waals surface area contributed by atoms with Crippen LogP contribution in [0.5, 0.6) is 0 Å². The van der Waals surface area contributed by atoms with E-state index in [0.717, 1.165) is 32.1 Å². The van der Waals surface area contributed by atoms with Gasteiger partial charge in [0.05, 0.1) is 11.1 Å². The molecular weight excluding hydrogens is 345 g/mol. The molecule has 2 saturated carbocycles. The zero-order chi connectivity index (χ0) is 19.6. The van der Waals surface area contributed by atoms with Crippen LogP contribution in [0.15, 0.2) is 12.1 Å². The van der Waals surface area contributed by atoms with Gasteiger partial charge in [0, 0.05) is 12.0 Å². The largest absolute Gasteiger partial charge is 0.386 e. The van der Waals surface area contributed by atoms with Crippen LogP contribution in [0.2, 0.25) is 0 Å². The summed E-state index contributed by atoms with van der Waals surface area (Å²) >= 11 is 0. The second-order valence-electron chi connectivity index (χ2n) is 9.54. The van der Waals surface area contributed by atoms with Gasteiger partial charge in [0.2, 0.25) is 11.9 Å². The van der Waals surface area contributed by atoms with E-state index in [2.05, 4.69) is 24.1 Å². The summed E-state index contributed by atoms with van der Waals surface area (Å²) in [5.41, 5.74) is 0.104. The summed E-state index contributed by atoms with van der Waals surface area (Å²) < 4.78 is 16.8. The van der Waals surface area contributed by atoms with Crippen molar-refractivity contribution in [2.75, 3.05) is 5.32 Å². The van der Waals surface area contributed by atoms with Gasteiger partial charge in [-0.1, -0.05) is 6.92 Å². The van der Waals surface area contributed by atoms with Gasteiger partial charge in [0.15, 0.2) is 5.82 Å². The van der Waals surface area contributed by atoms with Crippen molar-refractivity contribution in [3.63, 3.8) is 0 Å². The first-order chi connectivity index (χ1) is 12.5. The summed E-state index contributed by atoms with van der Waals surface area (Å²) in [6, 6.07) is 3.13. The summed E-state index contributed by atoms with van der Waals surface area (Å²) in [5.74, 6) is -0.137. The maximum Gasteiger partial charge on any atom is 0.227 e. The normalized spacial score (nSPS) is 20.4. The molecule has 2 aliphatic carbocycles. The molecule has 0 spiro atoms. The molecule has 0 radical (unpaired) electrons. The average Bonchev–Trinajstić information content (AvgIpc) is 3.11. The number of nitrogens with zero attached hydrogens (tertiary/aromatic N) is 2. The van der Waals surface area contributed by atoms with E-state index in [1.165, 1.54) is 6.07 Å². The molecular formula is C21H28FN3O2. The predicted octanol–water partition coefficient (Wildman–Crippen LogP) is 4.43. The molecule has 2 aliphatic rings. The molecule has 5 nitrogen and oxygen atoms in total. The number of carbonyl (C=O) groups is 1. The fourth-order valence-corrected chi connectivity index (χ4v) is 3.98. The molecule has 0 saturated heterocycles. The van der Waals surface area contributed by atoms with Crippen molar-refractivity contribution in [2.24, 2.45) is 5.41 Å². The molecule has 4 rings (SSSR count). The van der Waals surface area contributed by atoms with E-state index in [1.807, 2.05) is 4.57 Å². The third-order valence-corrected chi connectivity index (χ3v) is 6.33. The van der Waals surface area contributed by atoms with Crippen LogP contribution in [0, 0.1) is 11.2 Å². The van der Waals surface area contributed by atoms with Crippen molar-refractivity contribution in [2.45, 2.75) is 77.4 Å². The summed E-state index contributed by atoms with van der Waals surface area (Å²) in [5, 5.41) is 13.3. The lowest BCUT2D eigenvalue weighted by atomic mass is 9.78. The van der Waals surface area contributed by atoms with Crippen molar-refractivity contribution >= 4 is 22.9 Å². The van der Waals surface area contributed by atoms with Crippen molar-refractivity contribution in [3.05, 3.63) is 23.5 Å². The Balaban J connectivity index is 1.81. The SMILES string of the molecule is CC1(CC(=O)Nc2nc3c(F)cc(C(C)(C)O)cc3n2C2(C)CCC2)CC1. The molecule has 146 valence electrons. The highest BCUT2D eigenvalue weighted by molar-refractivity contribution is 5.92. The van der Waals surface area contributed by atoms with Gasteiger partial charge in [-0.2, -0.15) is 0 Å². The van der Waals surface area contributed by atoms with Gasteiger partial charge >= 0.3 is 0 Å². The first-order valence-corrected chi connectivity index (χ1v) is 9.76. The number of hydrogen-bond donors (Lipinski definition) is 2. The Bertz CT molecular complexity index is 918. The van der Waals surface area contributed by atoms with Gasteiger partial charge in [-0.3, -0.25) is 10.1 Å². The van der Waals surface area contributed by atoms with Gasteiger partial charge < -0.3 is 9.67 Å². The highest BCUT2D eigenvalue weighted by Gasteiger charge is 2.41. The number of fused-ring (bicyclic) bond motifs is 1. The minimum Gasteiger partial charge on any atom is -0.386 e. The number of nitrogens with one attached hydrogen (secondary N) is 1. The predicted molar refractivity (Wildman–Crippen MR) is 103 cm³/mol. The van der Waals surface area contributed by atoms with Crippen LogP contribution < -0.4 is 5.32 Å². The Labute approximate surface area is 159 Å². The highest BCUT2D eigenvalue weighted by Crippen LogP contribution is 2.48. The van der Waals surface area contributed by atoms with Crippen LogP contribution in [0.1, 0.15) is 71.8 Å². The number of anilines is 1. The molecule has 1 heterocycles. The Morgan fingerprint density at radius 3 is 2.48 bits per heavy atom. The summed E-state index contributed by atoms with van der Waals surface area (Å²) in [6.07, 6.45) is 5.59. The smallest absolute Gasteiger partial charge is 0.227 e. The highest BCUT2D eigenvalue weighted by atomic mass is 19.1. The quantitative estimate of drug-likeness (QED) is 0.815. The fraction of sp³-hybridized carbons (Fsp3) is 0.619. The molecule has 0 bridgehead atoms. The number of aliphatic hydroxyl groups is 1. The van der Waals surface area contributed by atoms with Crippen molar-refractivity contribution < 1.29 is 14.3 Å². The van der Waals surface area contributed by atoms with Crippen LogP contribution in [0.25, 0.3) is 11.0 Å². The Morgan fingerprint density at radius 1 is 1.30 bits per heavy atom. The second-order valence-corrected chi connectivity index (χ2v) is 9.54. The fourth-order valence-electron chi connectivity index (χ4n) is 3.98. The minimum atomic E-state index is -1.16. The molecule has 6 heteroatoms. The lowest BCUT2D eigenvalue weighted by Crippen LogP contribution is -2.38. The van der Waals surface area contributed by atoms with Crippen LogP contribution in [-0.2, 0) is 15.9 Å². The maximum absolute atomic E-state index is 14.8. The number of rotatable bonds is 5. The standard InChI is InChI=1S/C21H28FN3O2/c1-19(2,27)13-10-14(22)17-15(11-13)25(21(4)6-5-7-21)18(24-17)23-16(26)12-20(3)8-9-20/h10-11,27H,5-9,12H2,1-4H3,(H,23,24,26). The summed E-state index contributed by atoms with van der Waals surface area (Å²) in [6.45, 7) is 7.50. The van der Waals surface area contributed by atoms with Gasteiger partial charge in [-0.25, -0.2) is 9.37 Å². The van der Waals surface area contributed by atoms with Gasteiger partial charge in [0.1, 0.15) is 5.52 Å². The number of hydrogen-bond acceptors (Lipinski definition) is 3.